The number of hydrogen-bond donors (Lipinski definition) is 2. The highest BCUT2D eigenvalue weighted by Crippen LogP contribution is 2.20. The maximum absolute atomic E-state index is 5.46. The molecule has 132 valence electrons. The summed E-state index contributed by atoms with van der Waals surface area (Å²) in [5.41, 5.74) is 2.47. The first-order valence-corrected chi connectivity index (χ1v) is 9.98. The Balaban J connectivity index is 1.44. The van der Waals surface area contributed by atoms with E-state index in [9.17, 15) is 0 Å². The Morgan fingerprint density at radius 1 is 1.04 bits per heavy atom. The summed E-state index contributed by atoms with van der Waals surface area (Å²) < 4.78 is 0. The molecule has 0 unspecified atom stereocenters. The summed E-state index contributed by atoms with van der Waals surface area (Å²) in [6.45, 7) is 5.90. The molecular formula is C20H31N3S. The van der Waals surface area contributed by atoms with E-state index in [1.54, 1.807) is 0 Å². The van der Waals surface area contributed by atoms with Crippen LogP contribution in [0.25, 0.3) is 0 Å². The zero-order valence-corrected chi connectivity index (χ0v) is 15.7. The van der Waals surface area contributed by atoms with Crippen molar-refractivity contribution in [1.29, 1.82) is 0 Å². The van der Waals surface area contributed by atoms with Crippen LogP contribution in [0.2, 0.25) is 0 Å². The summed E-state index contributed by atoms with van der Waals surface area (Å²) >= 11 is 5.46. The smallest absolute Gasteiger partial charge is 0.170 e. The molecule has 1 aromatic carbocycles. The first kappa shape index (κ1) is 17.7. The van der Waals surface area contributed by atoms with Gasteiger partial charge in [-0.2, -0.15) is 0 Å². The molecular weight excluding hydrogens is 314 g/mol. The molecule has 3 nitrogen and oxygen atoms in total. The molecule has 0 aromatic heterocycles. The van der Waals surface area contributed by atoms with Crippen molar-refractivity contribution in [3.8, 4) is 0 Å². The second-order valence-electron chi connectivity index (χ2n) is 7.59. The van der Waals surface area contributed by atoms with Crippen molar-refractivity contribution in [2.75, 3.05) is 18.4 Å². The Bertz CT molecular complexity index is 514. The van der Waals surface area contributed by atoms with Crippen LogP contribution in [0.4, 0.5) is 5.69 Å². The standard InChI is InChI=1S/C20H31N3S/c1-16-11-13-23(14-12-16)15-17-7-9-19(10-8-17)22-20(24)21-18-5-3-2-4-6-18/h7-10,16,18H,2-6,11-15H2,1H3,(H2,21,22,24). The topological polar surface area (TPSA) is 27.3 Å². The van der Waals surface area contributed by atoms with Gasteiger partial charge in [-0.05, 0) is 74.6 Å². The second kappa shape index (κ2) is 8.82. The van der Waals surface area contributed by atoms with Gasteiger partial charge in [0.05, 0.1) is 0 Å². The monoisotopic (exact) mass is 345 g/mol. The molecule has 0 amide bonds. The van der Waals surface area contributed by atoms with E-state index in [-0.39, 0.29) is 0 Å². The number of likely N-dealkylation sites (tertiary alicyclic amines) is 1. The lowest BCUT2D eigenvalue weighted by atomic mass is 9.96. The molecule has 0 atom stereocenters. The van der Waals surface area contributed by atoms with E-state index in [1.807, 2.05) is 0 Å². The van der Waals surface area contributed by atoms with Crippen LogP contribution in [-0.2, 0) is 6.54 Å². The number of thiocarbonyl (C=S) groups is 1. The number of hydrogen-bond acceptors (Lipinski definition) is 2. The molecule has 0 bridgehead atoms. The van der Waals surface area contributed by atoms with Crippen molar-refractivity contribution in [2.24, 2.45) is 5.92 Å². The normalized spacial score (nSPS) is 20.7. The van der Waals surface area contributed by atoms with Gasteiger partial charge in [0.1, 0.15) is 0 Å². The molecule has 2 N–H and O–H groups in total. The third-order valence-electron chi connectivity index (χ3n) is 5.43. The van der Waals surface area contributed by atoms with E-state index in [2.05, 4.69) is 46.7 Å². The van der Waals surface area contributed by atoms with Crippen molar-refractivity contribution in [3.05, 3.63) is 29.8 Å². The molecule has 2 aliphatic rings. The van der Waals surface area contributed by atoms with Gasteiger partial charge < -0.3 is 10.6 Å². The van der Waals surface area contributed by atoms with Crippen LogP contribution in [0.1, 0.15) is 57.4 Å². The number of benzene rings is 1. The van der Waals surface area contributed by atoms with Crippen LogP contribution in [0, 0.1) is 5.92 Å². The summed E-state index contributed by atoms with van der Waals surface area (Å²) in [6.07, 6.45) is 9.18. The van der Waals surface area contributed by atoms with Gasteiger partial charge in [-0.25, -0.2) is 0 Å². The Morgan fingerprint density at radius 2 is 1.71 bits per heavy atom. The van der Waals surface area contributed by atoms with E-state index in [4.69, 9.17) is 12.2 Å². The van der Waals surface area contributed by atoms with E-state index in [1.165, 1.54) is 63.6 Å². The Morgan fingerprint density at radius 3 is 2.38 bits per heavy atom. The number of nitrogens with zero attached hydrogens (tertiary/aromatic N) is 1. The minimum absolute atomic E-state index is 0.555. The molecule has 0 radical (unpaired) electrons. The lowest BCUT2D eigenvalue weighted by Crippen LogP contribution is -2.38. The lowest BCUT2D eigenvalue weighted by Gasteiger charge is -2.30. The Hall–Kier alpha value is -1.13. The first-order chi connectivity index (χ1) is 11.7. The largest absolute Gasteiger partial charge is 0.360 e. The molecule has 1 aliphatic carbocycles. The van der Waals surface area contributed by atoms with Gasteiger partial charge in [-0.1, -0.05) is 38.3 Å². The Kier molecular flexibility index (Phi) is 6.50. The van der Waals surface area contributed by atoms with Gasteiger partial charge >= 0.3 is 0 Å². The molecule has 2 fully saturated rings. The highest BCUT2D eigenvalue weighted by atomic mass is 32.1. The second-order valence-corrected chi connectivity index (χ2v) is 8.00. The summed E-state index contributed by atoms with van der Waals surface area (Å²) in [5.74, 6) is 0.894. The predicted octanol–water partition coefficient (Wildman–Crippen LogP) is 4.54. The number of rotatable bonds is 4. The lowest BCUT2D eigenvalue weighted by molar-refractivity contribution is 0.185. The van der Waals surface area contributed by atoms with Crippen LogP contribution < -0.4 is 10.6 Å². The van der Waals surface area contributed by atoms with Crippen molar-refractivity contribution >= 4 is 23.0 Å². The van der Waals surface area contributed by atoms with Gasteiger partial charge in [-0.3, -0.25) is 4.90 Å². The summed E-state index contributed by atoms with van der Waals surface area (Å²) in [4.78, 5) is 2.57. The average molecular weight is 346 g/mol. The molecule has 3 rings (SSSR count). The minimum Gasteiger partial charge on any atom is -0.360 e. The molecule has 1 heterocycles. The van der Waals surface area contributed by atoms with E-state index >= 15 is 0 Å². The molecule has 1 saturated heterocycles. The molecule has 4 heteroatoms. The highest BCUT2D eigenvalue weighted by Gasteiger charge is 2.16. The van der Waals surface area contributed by atoms with Gasteiger partial charge in [0.25, 0.3) is 0 Å². The minimum atomic E-state index is 0.555. The van der Waals surface area contributed by atoms with Crippen LogP contribution in [0.5, 0.6) is 0 Å². The fourth-order valence-electron chi connectivity index (χ4n) is 3.77. The van der Waals surface area contributed by atoms with Crippen LogP contribution >= 0.6 is 12.2 Å². The van der Waals surface area contributed by atoms with Crippen LogP contribution in [0.3, 0.4) is 0 Å². The predicted molar refractivity (Wildman–Crippen MR) is 106 cm³/mol. The third-order valence-corrected chi connectivity index (χ3v) is 5.65. The first-order valence-electron chi connectivity index (χ1n) is 9.58. The van der Waals surface area contributed by atoms with Crippen LogP contribution in [0.15, 0.2) is 24.3 Å². The number of anilines is 1. The Labute approximate surface area is 152 Å². The number of nitrogens with one attached hydrogen (secondary N) is 2. The molecule has 24 heavy (non-hydrogen) atoms. The zero-order chi connectivity index (χ0) is 16.8. The summed E-state index contributed by atoms with van der Waals surface area (Å²) in [7, 11) is 0. The highest BCUT2D eigenvalue weighted by molar-refractivity contribution is 7.80. The van der Waals surface area contributed by atoms with E-state index in [0.29, 0.717) is 6.04 Å². The van der Waals surface area contributed by atoms with E-state index < -0.39 is 0 Å². The summed E-state index contributed by atoms with van der Waals surface area (Å²) in [6, 6.07) is 9.31. The van der Waals surface area contributed by atoms with Crippen LogP contribution in [-0.4, -0.2) is 29.1 Å². The third kappa shape index (κ3) is 5.45. The van der Waals surface area contributed by atoms with Gasteiger partial charge in [0.15, 0.2) is 5.11 Å². The molecule has 0 spiro atoms. The van der Waals surface area contributed by atoms with Gasteiger partial charge in [-0.15, -0.1) is 0 Å². The molecule has 1 saturated carbocycles. The van der Waals surface area contributed by atoms with E-state index in [0.717, 1.165) is 23.3 Å². The molecule has 1 aliphatic heterocycles. The fourth-order valence-corrected chi connectivity index (χ4v) is 4.06. The average Bonchev–Trinajstić information content (AvgIpc) is 2.59. The van der Waals surface area contributed by atoms with Crippen molar-refractivity contribution in [1.82, 2.24) is 10.2 Å². The molecule has 1 aromatic rings. The summed E-state index contributed by atoms with van der Waals surface area (Å²) in [5, 5.41) is 7.56. The number of piperidine rings is 1. The maximum Gasteiger partial charge on any atom is 0.170 e. The van der Waals surface area contributed by atoms with Crippen molar-refractivity contribution < 1.29 is 0 Å². The maximum atomic E-state index is 5.46. The van der Waals surface area contributed by atoms with Gasteiger partial charge in [0.2, 0.25) is 0 Å². The fraction of sp³-hybridized carbons (Fsp3) is 0.650. The SMILES string of the molecule is CC1CCN(Cc2ccc(NC(=S)NC3CCCCC3)cc2)CC1. The van der Waals surface area contributed by atoms with Crippen molar-refractivity contribution in [3.63, 3.8) is 0 Å². The van der Waals surface area contributed by atoms with Crippen molar-refractivity contribution in [2.45, 2.75) is 64.5 Å². The zero-order valence-electron chi connectivity index (χ0n) is 14.9. The van der Waals surface area contributed by atoms with Gasteiger partial charge in [0, 0.05) is 18.3 Å². The quantitative estimate of drug-likeness (QED) is 0.784.